The minimum Gasteiger partial charge on any atom is -0.355 e. The van der Waals surface area contributed by atoms with E-state index in [-0.39, 0.29) is 5.91 Å². The molecule has 1 aliphatic rings. The number of fused-ring (bicyclic) bond motifs is 1. The van der Waals surface area contributed by atoms with Crippen molar-refractivity contribution in [3.63, 3.8) is 0 Å². The predicted octanol–water partition coefficient (Wildman–Crippen LogP) is 5.84. The van der Waals surface area contributed by atoms with E-state index in [2.05, 4.69) is 28.1 Å². The maximum Gasteiger partial charge on any atom is 0.230 e. The minimum atomic E-state index is 0.0489. The van der Waals surface area contributed by atoms with Crippen LogP contribution in [0.3, 0.4) is 0 Å². The van der Waals surface area contributed by atoms with Gasteiger partial charge in [-0.15, -0.1) is 0 Å². The van der Waals surface area contributed by atoms with Crippen LogP contribution in [-0.4, -0.2) is 27.8 Å². The molecule has 0 radical (unpaired) electrons. The maximum absolute atomic E-state index is 12.4. The first-order valence-electron chi connectivity index (χ1n) is 10.5. The molecule has 6 heteroatoms. The Hall–Kier alpha value is -2.24. The molecule has 30 heavy (non-hydrogen) atoms. The summed E-state index contributed by atoms with van der Waals surface area (Å²) in [7, 11) is 0. The summed E-state index contributed by atoms with van der Waals surface area (Å²) in [4.78, 5) is 17.1. The fraction of sp³-hybridized carbons (Fsp3) is 0.333. The number of nitrogens with one attached hydrogen (secondary N) is 1. The molecule has 0 saturated heterocycles. The number of amides is 1. The highest BCUT2D eigenvalue weighted by Gasteiger charge is 2.14. The second-order valence-corrected chi connectivity index (χ2v) is 8.97. The van der Waals surface area contributed by atoms with Crippen LogP contribution in [0.25, 0.3) is 11.0 Å². The zero-order valence-corrected chi connectivity index (χ0v) is 18.5. The van der Waals surface area contributed by atoms with E-state index in [1.165, 1.54) is 48.6 Å². The summed E-state index contributed by atoms with van der Waals surface area (Å²) in [5.74, 6) is 0.401. The lowest BCUT2D eigenvalue weighted by molar-refractivity contribution is -0.118. The molecule has 0 saturated carbocycles. The summed E-state index contributed by atoms with van der Waals surface area (Å²) < 4.78 is 2.16. The number of thioether (sulfide) groups is 1. The van der Waals surface area contributed by atoms with E-state index >= 15 is 0 Å². The number of rotatable bonds is 8. The van der Waals surface area contributed by atoms with Crippen LogP contribution in [-0.2, 0) is 11.3 Å². The Balaban J connectivity index is 1.41. The summed E-state index contributed by atoms with van der Waals surface area (Å²) in [6.45, 7) is 1.42. The number of halogens is 1. The molecule has 4 nitrogen and oxygen atoms in total. The fourth-order valence-corrected chi connectivity index (χ4v) is 4.80. The van der Waals surface area contributed by atoms with Crippen molar-refractivity contribution in [2.75, 3.05) is 12.3 Å². The number of benzene rings is 2. The van der Waals surface area contributed by atoms with E-state index in [0.717, 1.165) is 22.6 Å². The standard InChI is InChI=1S/C24H26ClN3OS/c25-20-11-12-22-21(15-20)27-24(28(22)16-19-9-5-2-6-10-19)30-17-23(29)26-14-13-18-7-3-1-4-8-18/h2,5-7,9-12,15H,1,3-4,8,13-14,16-17H2,(H,26,29). The molecule has 0 atom stereocenters. The summed E-state index contributed by atoms with van der Waals surface area (Å²) >= 11 is 7.64. The van der Waals surface area contributed by atoms with Gasteiger partial charge in [-0.2, -0.15) is 0 Å². The molecule has 1 N–H and O–H groups in total. The monoisotopic (exact) mass is 439 g/mol. The van der Waals surface area contributed by atoms with Gasteiger partial charge in [0.05, 0.1) is 23.3 Å². The highest BCUT2D eigenvalue weighted by atomic mass is 35.5. The van der Waals surface area contributed by atoms with Gasteiger partial charge in [0, 0.05) is 11.6 Å². The van der Waals surface area contributed by atoms with Crippen molar-refractivity contribution in [3.8, 4) is 0 Å². The molecule has 0 unspecified atom stereocenters. The Kier molecular flexibility index (Phi) is 7.13. The normalized spacial score (nSPS) is 14.0. The molecule has 0 spiro atoms. The lowest BCUT2D eigenvalue weighted by Gasteiger charge is -2.13. The van der Waals surface area contributed by atoms with Crippen LogP contribution in [0.1, 0.15) is 37.7 Å². The largest absolute Gasteiger partial charge is 0.355 e. The number of allylic oxidation sites excluding steroid dienone is 1. The van der Waals surface area contributed by atoms with Crippen LogP contribution in [0.2, 0.25) is 5.02 Å². The first-order valence-corrected chi connectivity index (χ1v) is 11.8. The van der Waals surface area contributed by atoms with Crippen LogP contribution < -0.4 is 5.32 Å². The van der Waals surface area contributed by atoms with Gasteiger partial charge in [0.15, 0.2) is 5.16 Å². The van der Waals surface area contributed by atoms with Gasteiger partial charge in [-0.1, -0.05) is 65.3 Å². The summed E-state index contributed by atoms with van der Waals surface area (Å²) in [5, 5.41) is 4.55. The van der Waals surface area contributed by atoms with Gasteiger partial charge >= 0.3 is 0 Å². The smallest absolute Gasteiger partial charge is 0.230 e. The minimum absolute atomic E-state index is 0.0489. The lowest BCUT2D eigenvalue weighted by atomic mass is 9.97. The van der Waals surface area contributed by atoms with E-state index in [4.69, 9.17) is 16.6 Å². The fourth-order valence-electron chi connectivity index (χ4n) is 3.79. The first-order chi connectivity index (χ1) is 14.7. The molecular formula is C24H26ClN3OS. The van der Waals surface area contributed by atoms with Crippen molar-refractivity contribution in [1.82, 2.24) is 14.9 Å². The molecule has 0 aliphatic heterocycles. The van der Waals surface area contributed by atoms with Crippen molar-refractivity contribution in [2.24, 2.45) is 0 Å². The third-order valence-electron chi connectivity index (χ3n) is 5.34. The molecule has 1 aromatic heterocycles. The maximum atomic E-state index is 12.4. The predicted molar refractivity (Wildman–Crippen MR) is 125 cm³/mol. The lowest BCUT2D eigenvalue weighted by Crippen LogP contribution is -2.26. The molecule has 0 bridgehead atoms. The molecule has 4 rings (SSSR count). The molecule has 1 amide bonds. The van der Waals surface area contributed by atoms with Crippen LogP contribution in [0.4, 0.5) is 0 Å². The number of carbonyl (C=O) groups excluding carboxylic acids is 1. The van der Waals surface area contributed by atoms with E-state index in [9.17, 15) is 4.79 Å². The number of imidazole rings is 1. The second-order valence-electron chi connectivity index (χ2n) is 7.60. The van der Waals surface area contributed by atoms with Crippen molar-refractivity contribution in [3.05, 3.63) is 70.8 Å². The number of carbonyl (C=O) groups is 1. The van der Waals surface area contributed by atoms with Crippen molar-refractivity contribution in [1.29, 1.82) is 0 Å². The van der Waals surface area contributed by atoms with Gasteiger partial charge in [-0.25, -0.2) is 4.98 Å². The summed E-state index contributed by atoms with van der Waals surface area (Å²) in [6.07, 6.45) is 8.22. The van der Waals surface area contributed by atoms with E-state index in [0.29, 0.717) is 23.9 Å². The molecule has 1 heterocycles. The van der Waals surface area contributed by atoms with Gasteiger partial charge in [0.25, 0.3) is 0 Å². The SMILES string of the molecule is O=C(CSc1nc2cc(Cl)ccc2n1Cc1ccccc1)NCCC1=CCCCC1. The topological polar surface area (TPSA) is 46.9 Å². The number of nitrogens with zero attached hydrogens (tertiary/aromatic N) is 2. The Morgan fingerprint density at radius 3 is 2.83 bits per heavy atom. The molecule has 2 aromatic carbocycles. The molecular weight excluding hydrogens is 414 g/mol. The summed E-state index contributed by atoms with van der Waals surface area (Å²) in [5.41, 5.74) is 4.55. The summed E-state index contributed by atoms with van der Waals surface area (Å²) in [6, 6.07) is 16.0. The second kappa shape index (κ2) is 10.2. The third kappa shape index (κ3) is 5.46. The number of hydrogen-bond acceptors (Lipinski definition) is 3. The Morgan fingerprint density at radius 1 is 1.17 bits per heavy atom. The highest BCUT2D eigenvalue weighted by molar-refractivity contribution is 7.99. The molecule has 0 fully saturated rings. The zero-order chi connectivity index (χ0) is 20.8. The van der Waals surface area contributed by atoms with E-state index in [1.54, 1.807) is 0 Å². The van der Waals surface area contributed by atoms with Crippen LogP contribution in [0.15, 0.2) is 65.3 Å². The number of hydrogen-bond donors (Lipinski definition) is 1. The van der Waals surface area contributed by atoms with E-state index < -0.39 is 0 Å². The molecule has 3 aromatic rings. The van der Waals surface area contributed by atoms with Crippen molar-refractivity contribution >= 4 is 40.3 Å². The Morgan fingerprint density at radius 2 is 2.03 bits per heavy atom. The third-order valence-corrected chi connectivity index (χ3v) is 6.56. The average molecular weight is 440 g/mol. The quantitative estimate of drug-likeness (QED) is 0.354. The van der Waals surface area contributed by atoms with Gasteiger partial charge in [0.2, 0.25) is 5.91 Å². The molecule has 156 valence electrons. The number of aromatic nitrogens is 2. The van der Waals surface area contributed by atoms with Gasteiger partial charge in [-0.3, -0.25) is 4.79 Å². The zero-order valence-electron chi connectivity index (χ0n) is 16.9. The highest BCUT2D eigenvalue weighted by Crippen LogP contribution is 2.27. The van der Waals surface area contributed by atoms with Gasteiger partial charge in [-0.05, 0) is 55.9 Å². The van der Waals surface area contributed by atoms with Gasteiger partial charge < -0.3 is 9.88 Å². The first kappa shape index (κ1) is 21.0. The van der Waals surface area contributed by atoms with Crippen molar-refractivity contribution < 1.29 is 4.79 Å². The average Bonchev–Trinajstić information content (AvgIpc) is 3.10. The Labute approximate surface area is 186 Å². The van der Waals surface area contributed by atoms with Crippen LogP contribution in [0, 0.1) is 0 Å². The van der Waals surface area contributed by atoms with E-state index in [1.807, 2.05) is 36.4 Å². The van der Waals surface area contributed by atoms with Crippen molar-refractivity contribution in [2.45, 2.75) is 43.8 Å². The Bertz CT molecular complexity index is 1050. The van der Waals surface area contributed by atoms with Crippen LogP contribution in [0.5, 0.6) is 0 Å². The van der Waals surface area contributed by atoms with Crippen LogP contribution >= 0.6 is 23.4 Å². The van der Waals surface area contributed by atoms with Gasteiger partial charge in [0.1, 0.15) is 0 Å². The molecule has 1 aliphatic carbocycles.